The van der Waals surface area contributed by atoms with Gasteiger partial charge in [-0.15, -0.1) is 5.10 Å². The van der Waals surface area contributed by atoms with Crippen LogP contribution in [0.4, 0.5) is 0 Å². The minimum atomic E-state index is 0.166. The molecule has 1 saturated heterocycles. The molecule has 2 unspecified atom stereocenters. The lowest BCUT2D eigenvalue weighted by molar-refractivity contribution is -0.134. The lowest BCUT2D eigenvalue weighted by Gasteiger charge is -2.39. The quantitative estimate of drug-likeness (QED) is 0.797. The van der Waals surface area contributed by atoms with Gasteiger partial charge in [-0.25, -0.2) is 0 Å². The molecule has 1 aromatic carbocycles. The van der Waals surface area contributed by atoms with Gasteiger partial charge in [-0.2, -0.15) is 4.68 Å². The van der Waals surface area contributed by atoms with E-state index < -0.39 is 0 Å². The van der Waals surface area contributed by atoms with Crippen LogP contribution in [0, 0.1) is 6.92 Å². The average molecular weight is 345 g/mol. The summed E-state index contributed by atoms with van der Waals surface area (Å²) in [6.07, 6.45) is 3.37. The third-order valence-electron chi connectivity index (χ3n) is 4.59. The zero-order valence-corrected chi connectivity index (χ0v) is 15.2. The predicted octanol–water partition coefficient (Wildman–Crippen LogP) is 2.85. The number of para-hydroxylation sites is 1. The van der Waals surface area contributed by atoms with Crippen LogP contribution in [0.3, 0.4) is 0 Å². The van der Waals surface area contributed by atoms with Crippen molar-refractivity contribution in [3.63, 3.8) is 0 Å². The Hall–Kier alpha value is -1.89. The number of likely N-dealkylation sites (tertiary alicyclic amines) is 1. The van der Waals surface area contributed by atoms with E-state index in [0.29, 0.717) is 23.0 Å². The van der Waals surface area contributed by atoms with Crippen molar-refractivity contribution in [1.82, 2.24) is 25.1 Å². The van der Waals surface area contributed by atoms with E-state index in [2.05, 4.69) is 29.4 Å². The average Bonchev–Trinajstić information content (AvgIpc) is 3.01. The molecule has 0 N–H and O–H groups in total. The van der Waals surface area contributed by atoms with Crippen LogP contribution in [0.1, 0.15) is 38.7 Å². The molecule has 1 aliphatic heterocycles. The second kappa shape index (κ2) is 7.34. The minimum absolute atomic E-state index is 0.166. The third-order valence-corrected chi connectivity index (χ3v) is 5.49. The van der Waals surface area contributed by atoms with Gasteiger partial charge in [0.15, 0.2) is 0 Å². The van der Waals surface area contributed by atoms with Crippen molar-refractivity contribution < 1.29 is 4.79 Å². The molecule has 0 saturated carbocycles. The van der Waals surface area contributed by atoms with E-state index in [9.17, 15) is 4.79 Å². The van der Waals surface area contributed by atoms with E-state index in [1.165, 1.54) is 18.2 Å². The highest BCUT2D eigenvalue weighted by Crippen LogP contribution is 2.25. The number of piperidine rings is 1. The van der Waals surface area contributed by atoms with Gasteiger partial charge in [0, 0.05) is 12.1 Å². The molecule has 2 aromatic rings. The SMILES string of the molecule is Cc1ccccc1-n1nnnc1SCC(=O)N1C(C)CCCC1C. The fourth-order valence-corrected chi connectivity index (χ4v) is 4.09. The number of rotatable bonds is 4. The van der Waals surface area contributed by atoms with Crippen molar-refractivity contribution in [3.05, 3.63) is 29.8 Å². The second-order valence-electron chi connectivity index (χ2n) is 6.38. The molecule has 6 nitrogen and oxygen atoms in total. The van der Waals surface area contributed by atoms with E-state index >= 15 is 0 Å². The summed E-state index contributed by atoms with van der Waals surface area (Å²) >= 11 is 1.40. The number of tetrazole rings is 1. The molecule has 0 aliphatic carbocycles. The molecule has 0 bridgehead atoms. The molecule has 1 fully saturated rings. The number of carbonyl (C=O) groups excluding carboxylic acids is 1. The standard InChI is InChI=1S/C17H23N5OS/c1-12-7-4-5-10-15(12)22-17(18-19-20-22)24-11-16(23)21-13(2)8-6-9-14(21)3/h4-5,7,10,13-14H,6,8-9,11H2,1-3H3. The number of nitrogens with zero attached hydrogens (tertiary/aromatic N) is 5. The van der Waals surface area contributed by atoms with Crippen molar-refractivity contribution in [3.8, 4) is 5.69 Å². The highest BCUT2D eigenvalue weighted by molar-refractivity contribution is 7.99. The molecule has 1 aliphatic rings. The smallest absolute Gasteiger partial charge is 0.233 e. The highest BCUT2D eigenvalue weighted by atomic mass is 32.2. The van der Waals surface area contributed by atoms with Crippen molar-refractivity contribution in [2.24, 2.45) is 0 Å². The number of amides is 1. The van der Waals surface area contributed by atoms with Gasteiger partial charge in [0.1, 0.15) is 0 Å². The fourth-order valence-electron chi connectivity index (χ4n) is 3.33. The van der Waals surface area contributed by atoms with Crippen molar-refractivity contribution in [1.29, 1.82) is 0 Å². The Bertz CT molecular complexity index is 707. The predicted molar refractivity (Wildman–Crippen MR) is 94.2 cm³/mol. The van der Waals surface area contributed by atoms with Crippen LogP contribution in [0.25, 0.3) is 5.69 Å². The van der Waals surface area contributed by atoms with Gasteiger partial charge in [-0.05, 0) is 62.1 Å². The number of aromatic nitrogens is 4. The zero-order chi connectivity index (χ0) is 17.1. The topological polar surface area (TPSA) is 63.9 Å². The van der Waals surface area contributed by atoms with E-state index in [0.717, 1.165) is 24.1 Å². The van der Waals surface area contributed by atoms with Gasteiger partial charge in [0.2, 0.25) is 11.1 Å². The number of hydrogen-bond acceptors (Lipinski definition) is 5. The van der Waals surface area contributed by atoms with Crippen LogP contribution in [0.5, 0.6) is 0 Å². The molecule has 2 atom stereocenters. The van der Waals surface area contributed by atoms with E-state index in [1.807, 2.05) is 36.1 Å². The summed E-state index contributed by atoms with van der Waals surface area (Å²) in [7, 11) is 0. The maximum Gasteiger partial charge on any atom is 0.233 e. The molecule has 3 rings (SSSR count). The first kappa shape index (κ1) is 17.0. The van der Waals surface area contributed by atoms with Crippen LogP contribution in [0.15, 0.2) is 29.4 Å². The lowest BCUT2D eigenvalue weighted by atomic mass is 9.98. The Morgan fingerprint density at radius 3 is 2.67 bits per heavy atom. The maximum atomic E-state index is 12.7. The molecule has 2 heterocycles. The fraction of sp³-hybridized carbons (Fsp3) is 0.529. The molecular weight excluding hydrogens is 322 g/mol. The molecule has 1 aromatic heterocycles. The van der Waals surface area contributed by atoms with E-state index in [4.69, 9.17) is 0 Å². The first-order valence-electron chi connectivity index (χ1n) is 8.36. The normalized spacial score (nSPS) is 21.0. The van der Waals surface area contributed by atoms with Crippen LogP contribution >= 0.6 is 11.8 Å². The number of carbonyl (C=O) groups is 1. The first-order chi connectivity index (χ1) is 11.6. The Morgan fingerprint density at radius 1 is 1.25 bits per heavy atom. The Balaban J connectivity index is 1.71. The van der Waals surface area contributed by atoms with Crippen LogP contribution in [0.2, 0.25) is 0 Å². The molecule has 1 amide bonds. The van der Waals surface area contributed by atoms with Gasteiger partial charge in [0.25, 0.3) is 0 Å². The summed E-state index contributed by atoms with van der Waals surface area (Å²) in [6, 6.07) is 8.57. The van der Waals surface area contributed by atoms with Crippen molar-refractivity contribution in [2.75, 3.05) is 5.75 Å². The molecule has 24 heavy (non-hydrogen) atoms. The van der Waals surface area contributed by atoms with Crippen molar-refractivity contribution >= 4 is 17.7 Å². The summed E-state index contributed by atoms with van der Waals surface area (Å²) in [5, 5.41) is 12.6. The zero-order valence-electron chi connectivity index (χ0n) is 14.3. The molecule has 0 radical (unpaired) electrons. The summed E-state index contributed by atoms with van der Waals surface area (Å²) in [4.78, 5) is 14.7. The van der Waals surface area contributed by atoms with Gasteiger partial charge in [-0.3, -0.25) is 4.79 Å². The lowest BCUT2D eigenvalue weighted by Crippen LogP contribution is -2.48. The number of aryl methyl sites for hydroxylation is 1. The number of thioether (sulfide) groups is 1. The summed E-state index contributed by atoms with van der Waals surface area (Å²) in [6.45, 7) is 6.29. The molecular formula is C17H23N5OS. The van der Waals surface area contributed by atoms with Crippen LogP contribution in [-0.4, -0.2) is 48.9 Å². The molecule has 0 spiro atoms. The van der Waals surface area contributed by atoms with Gasteiger partial charge in [0.05, 0.1) is 11.4 Å². The minimum Gasteiger partial charge on any atom is -0.337 e. The summed E-state index contributed by atoms with van der Waals surface area (Å²) in [5.74, 6) is 0.528. The summed E-state index contributed by atoms with van der Waals surface area (Å²) in [5.41, 5.74) is 2.04. The monoisotopic (exact) mass is 345 g/mol. The number of hydrogen-bond donors (Lipinski definition) is 0. The summed E-state index contributed by atoms with van der Waals surface area (Å²) < 4.78 is 1.70. The maximum absolute atomic E-state index is 12.7. The van der Waals surface area contributed by atoms with Gasteiger partial charge < -0.3 is 4.90 Å². The first-order valence-corrected chi connectivity index (χ1v) is 9.35. The Morgan fingerprint density at radius 2 is 1.96 bits per heavy atom. The van der Waals surface area contributed by atoms with Crippen LogP contribution in [-0.2, 0) is 4.79 Å². The van der Waals surface area contributed by atoms with Gasteiger partial charge >= 0.3 is 0 Å². The highest BCUT2D eigenvalue weighted by Gasteiger charge is 2.29. The molecule has 128 valence electrons. The third kappa shape index (κ3) is 3.45. The van der Waals surface area contributed by atoms with Gasteiger partial charge in [-0.1, -0.05) is 30.0 Å². The van der Waals surface area contributed by atoms with E-state index in [1.54, 1.807) is 4.68 Å². The van der Waals surface area contributed by atoms with Crippen molar-refractivity contribution in [2.45, 2.75) is 57.3 Å². The Labute approximate surface area is 146 Å². The largest absolute Gasteiger partial charge is 0.337 e. The van der Waals surface area contributed by atoms with Crippen LogP contribution < -0.4 is 0 Å². The Kier molecular flexibility index (Phi) is 5.18. The second-order valence-corrected chi connectivity index (χ2v) is 7.32. The number of benzene rings is 1. The molecule has 7 heteroatoms. The van der Waals surface area contributed by atoms with E-state index in [-0.39, 0.29) is 5.91 Å².